The van der Waals surface area contributed by atoms with E-state index >= 15 is 0 Å². The number of benzene rings is 17. The Morgan fingerprint density at radius 3 is 0.854 bits per heavy atom. The summed E-state index contributed by atoms with van der Waals surface area (Å²) in [4.78, 5) is 0. The van der Waals surface area contributed by atoms with Crippen molar-refractivity contribution >= 4 is 94.0 Å². The van der Waals surface area contributed by atoms with Crippen LogP contribution >= 0.6 is 47.8 Å². The fourth-order valence-corrected chi connectivity index (χ4v) is 14.5. The molecule has 21 rings (SSSR count). The molecule has 0 unspecified atom stereocenters. The molecule has 17 aromatic rings. The molecule has 0 aromatic heterocycles. The molecule has 0 bridgehead atoms. The van der Waals surface area contributed by atoms with E-state index in [-0.39, 0.29) is 19.2 Å². The van der Waals surface area contributed by atoms with Gasteiger partial charge in [-0.3, -0.25) is 0 Å². The van der Waals surface area contributed by atoms with Gasteiger partial charge < -0.3 is 67.1 Å². The fourth-order valence-electron chi connectivity index (χ4n) is 13.5. The van der Waals surface area contributed by atoms with Gasteiger partial charge in [-0.1, -0.05) is 222 Å². The number of para-hydroxylation sites is 9. The van der Waals surface area contributed by atoms with E-state index in [1.807, 2.05) is 334 Å². The van der Waals surface area contributed by atoms with Crippen LogP contribution in [0.1, 0.15) is 0 Å². The number of rotatable bonds is 14. The molecule has 19 heteroatoms. The minimum absolute atomic E-state index is 0.00788. The van der Waals surface area contributed by atoms with Gasteiger partial charge in [0, 0.05) is 48.6 Å². The Bertz CT molecular complexity index is 6100. The number of phenols is 2. The summed E-state index contributed by atoms with van der Waals surface area (Å²) in [6.07, 6.45) is 0. The quantitative estimate of drug-likeness (QED) is 0.0994. The van der Waals surface area contributed by atoms with E-state index in [1.165, 1.54) is 0 Å². The van der Waals surface area contributed by atoms with E-state index in [1.54, 1.807) is 62.8 Å². The van der Waals surface area contributed by atoms with Crippen molar-refractivity contribution in [3.05, 3.63) is 432 Å². The molecule has 4 heterocycles. The van der Waals surface area contributed by atoms with E-state index in [9.17, 15) is 5.11 Å². The zero-order valence-electron chi connectivity index (χ0n) is 66.4. The van der Waals surface area contributed by atoms with Crippen LogP contribution in [0.2, 0.25) is 0 Å². The largest absolute Gasteiger partial charge is 0.508 e. The second kappa shape index (κ2) is 41.5. The van der Waals surface area contributed by atoms with Crippen LogP contribution in [-0.4, -0.2) is 37.9 Å². The molecule has 14 nitrogen and oxygen atoms in total. The molecule has 0 saturated carbocycles. The molecule has 0 radical (unpaired) electrons. The lowest BCUT2D eigenvalue weighted by Gasteiger charge is -2.37. The minimum Gasteiger partial charge on any atom is -0.508 e. The van der Waals surface area contributed by atoms with Crippen molar-refractivity contribution < 1.29 is 67.1 Å². The zero-order valence-corrected chi connectivity index (χ0v) is 71.2. The SMILES string of the molecule is Brc1ccccc1Br.COc1cccc(Br)c1.COc1cccc(Oc2ccccc2)c1.Oc1cccc(Oc2ccccc2)c1.Oc1ccccc1.c1ccc(Oc2cccc(Oc3ccccc3Oc3cccc(Oc4ccccc4)c3)c2)cc1.c1ccc2c(c1)Oc1cccc3c1B2c1ccc2c(c1O3)Oc1cccc3c1B2c1ccccc1O3. The second-order valence-corrected chi connectivity index (χ2v) is 30.1. The average molecular weight is 1810 g/mol. The molecular weight excluding hydrogens is 1730 g/mol. The topological polar surface area (TPSA) is 151 Å². The maximum atomic E-state index is 9.21. The zero-order chi connectivity index (χ0) is 84.5. The van der Waals surface area contributed by atoms with Crippen LogP contribution in [0.25, 0.3) is 0 Å². The summed E-state index contributed by atoms with van der Waals surface area (Å²) in [6, 6.07) is 133. The number of phenolic OH excluding ortho intramolecular Hbond substituents is 2. The van der Waals surface area contributed by atoms with Crippen LogP contribution in [0.3, 0.4) is 0 Å². The molecule has 4 aliphatic heterocycles. The average Bonchev–Trinajstić information content (AvgIpc) is 0.706. The Morgan fingerprint density at radius 2 is 0.496 bits per heavy atom. The summed E-state index contributed by atoms with van der Waals surface area (Å²) >= 11 is 10.0. The maximum absolute atomic E-state index is 9.21. The third-order valence-corrected chi connectivity index (χ3v) is 21.5. The Balaban J connectivity index is 0.000000122. The van der Waals surface area contributed by atoms with Crippen molar-refractivity contribution in [2.24, 2.45) is 0 Å². The van der Waals surface area contributed by atoms with Gasteiger partial charge in [0.25, 0.3) is 13.4 Å². The summed E-state index contributed by atoms with van der Waals surface area (Å²) in [6.45, 7) is 0.0158. The van der Waals surface area contributed by atoms with Gasteiger partial charge in [0.2, 0.25) is 0 Å². The van der Waals surface area contributed by atoms with Gasteiger partial charge in [0.05, 0.1) is 14.2 Å². The van der Waals surface area contributed by atoms with Crippen LogP contribution < -0.4 is 89.6 Å². The number of methoxy groups -OCH3 is 2. The summed E-state index contributed by atoms with van der Waals surface area (Å²) in [5.41, 5.74) is 6.58. The third-order valence-electron chi connectivity index (χ3n) is 19.1. The fraction of sp³-hybridized carbons (Fsp3) is 0.0192. The first-order valence-electron chi connectivity index (χ1n) is 39.2. The highest BCUT2D eigenvalue weighted by Crippen LogP contribution is 2.44. The van der Waals surface area contributed by atoms with Crippen molar-refractivity contribution in [2.75, 3.05) is 14.2 Å². The molecule has 4 aliphatic rings. The molecule has 2 N–H and O–H groups in total. The number of hydrogen-bond donors (Lipinski definition) is 2. The smallest absolute Gasteiger partial charge is 0.260 e. The van der Waals surface area contributed by atoms with E-state index in [0.717, 1.165) is 132 Å². The van der Waals surface area contributed by atoms with Crippen LogP contribution in [0.15, 0.2) is 432 Å². The van der Waals surface area contributed by atoms with Crippen LogP contribution in [0, 0.1) is 0 Å². The van der Waals surface area contributed by atoms with Crippen molar-refractivity contribution in [1.29, 1.82) is 0 Å². The molecule has 17 aromatic carbocycles. The number of ether oxygens (including phenoxy) is 12. The highest BCUT2D eigenvalue weighted by atomic mass is 79.9. The third kappa shape index (κ3) is 22.1. The summed E-state index contributed by atoms with van der Waals surface area (Å²) < 4.78 is 74.4. The Kier molecular flexibility index (Phi) is 28.2. The van der Waals surface area contributed by atoms with Crippen LogP contribution in [-0.2, 0) is 0 Å². The molecule has 0 amide bonds. The van der Waals surface area contributed by atoms with E-state index in [0.29, 0.717) is 46.0 Å². The van der Waals surface area contributed by atoms with E-state index in [2.05, 4.69) is 84.2 Å². The van der Waals surface area contributed by atoms with Gasteiger partial charge in [0.1, 0.15) is 115 Å². The van der Waals surface area contributed by atoms with E-state index in [4.69, 9.17) is 61.9 Å². The van der Waals surface area contributed by atoms with Gasteiger partial charge in [-0.05, 0) is 242 Å². The van der Waals surface area contributed by atoms with Gasteiger partial charge >= 0.3 is 0 Å². The molecule has 0 fully saturated rings. The second-order valence-electron chi connectivity index (χ2n) is 27.4. The van der Waals surface area contributed by atoms with Gasteiger partial charge in [-0.15, -0.1) is 0 Å². The first-order chi connectivity index (χ1) is 60.4. The summed E-state index contributed by atoms with van der Waals surface area (Å²) in [5, 5.41) is 17.8. The number of halogens is 3. The molecule has 123 heavy (non-hydrogen) atoms. The molecule has 0 saturated heterocycles. The van der Waals surface area contributed by atoms with Crippen LogP contribution in [0.4, 0.5) is 0 Å². The molecule has 0 atom stereocenters. The lowest BCUT2D eigenvalue weighted by atomic mass is 9.32. The van der Waals surface area contributed by atoms with Crippen molar-refractivity contribution in [3.8, 4) is 138 Å². The minimum atomic E-state index is 0.00788. The van der Waals surface area contributed by atoms with Crippen molar-refractivity contribution in [1.82, 2.24) is 0 Å². The maximum Gasteiger partial charge on any atom is 0.260 e. The Hall–Kier alpha value is -14.5. The lowest BCUT2D eigenvalue weighted by molar-refractivity contribution is 0.409. The number of aromatic hydroxyl groups is 2. The van der Waals surface area contributed by atoms with Gasteiger partial charge in [-0.25, -0.2) is 0 Å². The van der Waals surface area contributed by atoms with Gasteiger partial charge in [-0.2, -0.15) is 0 Å². The molecular formula is C104H77B2Br3O14. The highest BCUT2D eigenvalue weighted by molar-refractivity contribution is 9.13. The summed E-state index contributed by atoms with van der Waals surface area (Å²) in [7, 11) is 3.30. The Morgan fingerprint density at radius 1 is 0.220 bits per heavy atom. The summed E-state index contributed by atoms with van der Waals surface area (Å²) in [5.74, 6) is 17.2. The predicted molar refractivity (Wildman–Crippen MR) is 499 cm³/mol. The van der Waals surface area contributed by atoms with Crippen LogP contribution in [0.5, 0.6) is 138 Å². The normalized spacial score (nSPS) is 11.1. The van der Waals surface area contributed by atoms with E-state index < -0.39 is 0 Å². The Labute approximate surface area is 739 Å². The number of hydrogen-bond acceptors (Lipinski definition) is 14. The predicted octanol–water partition coefficient (Wildman–Crippen LogP) is 25.7. The monoisotopic (exact) mass is 1810 g/mol. The first kappa shape index (κ1) is 83.6. The standard InChI is InChI=1S/C30H16B2O4.C30H22O4.C13H12O2.C12H10O2.C7H7BrO.C6H4Br2.C6H6O/c1-3-9-21-17(7-1)31-19-15-16-20-30(29(19)35-25-13-5-11-23(33-21)27(25)31)36-26-14-6-12-24-28(26)32(20)18-8-2-4-10-22(18)34-24;1-3-11-23(12-4-1)31-25-15-9-17-27(21-25)33-29-19-7-8-20-30(29)34-28-18-10-16-26(22-28)32-24-13-5-2-6-14-24;1-14-12-8-5-9-13(10-12)15-11-6-3-2-4-7-11;13-10-5-4-8-12(9-10)14-11-6-2-1-3-7-11;1-9-7-4-2-3-6(8)5-7;7-5-3-1-2-4-6(5)8;7-6-4-2-1-3-5-6/h1-16H;1-22H;2-10H,1H3;1-9,13H;2-5H,1H3;1-4H;1-5,7H. The first-order valence-corrected chi connectivity index (χ1v) is 41.6. The molecule has 0 spiro atoms. The highest BCUT2D eigenvalue weighted by Gasteiger charge is 2.46. The van der Waals surface area contributed by atoms with Crippen molar-refractivity contribution in [3.63, 3.8) is 0 Å². The lowest BCUT2D eigenvalue weighted by Crippen LogP contribution is -2.60. The van der Waals surface area contributed by atoms with Crippen molar-refractivity contribution in [2.45, 2.75) is 0 Å². The molecule has 604 valence electrons. The van der Waals surface area contributed by atoms with Gasteiger partial charge in [0.15, 0.2) is 23.0 Å². The number of fused-ring (bicyclic) bond motifs is 9. The molecule has 0 aliphatic carbocycles.